The second-order valence-electron chi connectivity index (χ2n) is 17.4. The molecule has 0 aliphatic carbocycles. The maximum atomic E-state index is 12.2. The maximum absolute atomic E-state index is 12.2. The Kier molecular flexibility index (Phi) is 14.8. The van der Waals surface area contributed by atoms with Crippen LogP contribution < -0.4 is 0 Å². The van der Waals surface area contributed by atoms with E-state index in [4.69, 9.17) is 4.98 Å². The summed E-state index contributed by atoms with van der Waals surface area (Å²) in [6.07, 6.45) is 5.88. The quantitative estimate of drug-likeness (QED) is 0.0800. The number of thiophene rings is 2. The van der Waals surface area contributed by atoms with Crippen molar-refractivity contribution in [1.29, 1.82) is 0 Å². The summed E-state index contributed by atoms with van der Waals surface area (Å²) in [6.45, 7) is 28.0. The number of aromatic nitrogens is 1. The van der Waals surface area contributed by atoms with Gasteiger partial charge in [0.25, 0.3) is 0 Å². The predicted octanol–water partition coefficient (Wildman–Crippen LogP) is 15.6. The first-order valence-corrected chi connectivity index (χ1v) is 21.9. The molecule has 301 valence electrons. The average Bonchev–Trinajstić information content (AvgIpc) is 3.70. The van der Waals surface area contributed by atoms with Crippen molar-refractivity contribution in [2.75, 3.05) is 0 Å². The van der Waals surface area contributed by atoms with Gasteiger partial charge in [-0.2, -0.15) is 0 Å². The van der Waals surface area contributed by atoms with E-state index in [1.54, 1.807) is 11.3 Å². The van der Waals surface area contributed by atoms with E-state index >= 15 is 0 Å². The van der Waals surface area contributed by atoms with Gasteiger partial charge in [0.15, 0.2) is 5.78 Å². The fraction of sp³-hybridized carbons (Fsp3) is 0.440. The van der Waals surface area contributed by atoms with Gasteiger partial charge < -0.3 is 5.11 Å². The molecule has 0 aliphatic rings. The summed E-state index contributed by atoms with van der Waals surface area (Å²) in [5, 5.41) is 17.6. The van der Waals surface area contributed by atoms with Crippen molar-refractivity contribution >= 4 is 59.5 Å². The molecule has 3 heterocycles. The van der Waals surface area contributed by atoms with Gasteiger partial charge in [0.2, 0.25) is 0 Å². The number of hydrogen-bond acceptors (Lipinski definition) is 5. The number of aliphatic hydroxyl groups is 1. The van der Waals surface area contributed by atoms with E-state index in [2.05, 4.69) is 115 Å². The number of hydrogen-bond donors (Lipinski definition) is 1. The number of ketones is 1. The molecule has 0 aliphatic heterocycles. The number of benzene rings is 3. The molecule has 0 spiro atoms. The van der Waals surface area contributed by atoms with Gasteiger partial charge in [-0.3, -0.25) is 9.78 Å². The molecule has 6 rings (SSSR count). The molecule has 0 fully saturated rings. The normalized spacial score (nSPS) is 12.6. The summed E-state index contributed by atoms with van der Waals surface area (Å²) >= 11 is 3.67. The molecule has 56 heavy (non-hydrogen) atoms. The van der Waals surface area contributed by atoms with Crippen molar-refractivity contribution in [2.45, 2.75) is 128 Å². The molecule has 0 bridgehead atoms. The van der Waals surface area contributed by atoms with E-state index in [-0.39, 0.29) is 47.9 Å². The van der Waals surface area contributed by atoms with E-state index < -0.39 is 0 Å². The first-order valence-electron chi connectivity index (χ1n) is 20.2. The topological polar surface area (TPSA) is 50.2 Å². The van der Waals surface area contributed by atoms with Crippen molar-refractivity contribution < 1.29 is 30.0 Å². The number of rotatable bonds is 11. The summed E-state index contributed by atoms with van der Waals surface area (Å²) in [6, 6.07) is 24.0. The molecular weight excluding hydrogens is 903 g/mol. The van der Waals surface area contributed by atoms with E-state index in [9.17, 15) is 9.90 Å². The largest absolute Gasteiger partial charge is 0.512 e. The maximum Gasteiger partial charge on any atom is 0.164 e. The molecule has 3 nitrogen and oxygen atoms in total. The summed E-state index contributed by atoms with van der Waals surface area (Å²) < 4.78 is 1.36. The van der Waals surface area contributed by atoms with Gasteiger partial charge in [0.1, 0.15) is 10.6 Å². The fourth-order valence-corrected chi connectivity index (χ4v) is 9.31. The molecule has 6 aromatic rings. The third-order valence-corrected chi connectivity index (χ3v) is 14.3. The van der Waals surface area contributed by atoms with Crippen molar-refractivity contribution in [3.8, 4) is 22.4 Å². The Morgan fingerprint density at radius 1 is 0.875 bits per heavy atom. The Bertz CT molecular complexity index is 2340. The van der Waals surface area contributed by atoms with Crippen molar-refractivity contribution in [3.05, 3.63) is 99.4 Å². The standard InChI is InChI=1S/C35H34NS2.C15H28O2.Ir/c1-20(2)14-26-19-37-32-17-24(12-13-28(26)32)29-18-31(36-34-33(29)21(3)22(4)38-34)25-15-23-10-8-9-11-27(23)30(16-25)35(5,6)7;1-7-14(5,8-2)12(16)11-13(17)15(6,9-3)10-4;/h8-13,16-20H,14H2,1-7H3;11,16H,7-10H2,1-6H3;/q-1;;/b;12-11-;. The molecule has 0 amide bonds. The molecular formula is C50H62IrNO2S2-. The van der Waals surface area contributed by atoms with Crippen LogP contribution in [0.25, 0.3) is 53.5 Å². The summed E-state index contributed by atoms with van der Waals surface area (Å²) in [5.74, 6) is 0.941. The van der Waals surface area contributed by atoms with Crippen LogP contribution in [0.1, 0.15) is 123 Å². The zero-order valence-corrected chi connectivity index (χ0v) is 39.9. The Balaban J connectivity index is 0.000000330. The first kappa shape index (κ1) is 45.6. The monoisotopic (exact) mass is 965 g/mol. The molecule has 1 radical (unpaired) electrons. The van der Waals surface area contributed by atoms with Crippen LogP contribution in [0.4, 0.5) is 0 Å². The zero-order valence-electron chi connectivity index (χ0n) is 35.9. The summed E-state index contributed by atoms with van der Waals surface area (Å²) in [5.41, 5.74) is 8.15. The van der Waals surface area contributed by atoms with Gasteiger partial charge in [0.05, 0.1) is 0 Å². The second kappa shape index (κ2) is 18.2. The van der Waals surface area contributed by atoms with Crippen molar-refractivity contribution in [3.63, 3.8) is 0 Å². The number of allylic oxidation sites excluding steroid dienone is 2. The fourth-order valence-electron chi connectivity index (χ4n) is 7.24. The van der Waals surface area contributed by atoms with E-state index in [1.165, 1.54) is 59.6 Å². The van der Waals surface area contributed by atoms with Crippen molar-refractivity contribution in [1.82, 2.24) is 4.98 Å². The molecule has 6 heteroatoms. The minimum Gasteiger partial charge on any atom is -0.512 e. The van der Waals surface area contributed by atoms with Crippen LogP contribution in [0, 0.1) is 36.7 Å². The van der Waals surface area contributed by atoms with Crippen LogP contribution >= 0.6 is 22.7 Å². The number of aryl methyl sites for hydroxylation is 2. The van der Waals surface area contributed by atoms with Crippen LogP contribution in [0.5, 0.6) is 0 Å². The van der Waals surface area contributed by atoms with Gasteiger partial charge in [-0.05, 0) is 96.4 Å². The minimum absolute atomic E-state index is 0. The predicted molar refractivity (Wildman–Crippen MR) is 242 cm³/mol. The molecule has 1 N–H and O–H groups in total. The number of carbonyl (C=O) groups excluding carboxylic acids is 1. The molecule has 3 aromatic heterocycles. The van der Waals surface area contributed by atoms with Crippen LogP contribution in [0.2, 0.25) is 0 Å². The zero-order chi connectivity index (χ0) is 40.5. The van der Waals surface area contributed by atoms with E-state index in [0.717, 1.165) is 53.6 Å². The SMILES string of the molecule is CCC(C)(CC)C(=O)/C=C(\O)C(C)(CC)CC.Cc1sc2nc(-c3[c-]c4ccccc4c(C(C)(C)C)c3)cc(-c3ccc4c(CC(C)C)csc4c3)c2c1C.[Ir]. The first-order chi connectivity index (χ1) is 25.9. The number of carbonyl (C=O) groups is 1. The van der Waals surface area contributed by atoms with Crippen molar-refractivity contribution in [2.24, 2.45) is 16.7 Å². The van der Waals surface area contributed by atoms with Crippen LogP contribution in [0.3, 0.4) is 0 Å². The number of aliphatic hydroxyl groups excluding tert-OH is 1. The third-order valence-electron chi connectivity index (χ3n) is 12.2. The minimum atomic E-state index is -0.337. The number of pyridine rings is 1. The number of nitrogens with zero attached hydrogens (tertiary/aromatic N) is 1. The van der Waals surface area contributed by atoms with Gasteiger partial charge in [-0.25, -0.2) is 0 Å². The Morgan fingerprint density at radius 2 is 1.52 bits per heavy atom. The summed E-state index contributed by atoms with van der Waals surface area (Å²) in [7, 11) is 0. The van der Waals surface area contributed by atoms with E-state index in [1.807, 2.05) is 52.9 Å². The van der Waals surface area contributed by atoms with Gasteiger partial charge >= 0.3 is 0 Å². The Morgan fingerprint density at radius 3 is 2.12 bits per heavy atom. The Hall–Kier alpha value is -3.15. The van der Waals surface area contributed by atoms with Crippen LogP contribution in [-0.4, -0.2) is 15.9 Å². The van der Waals surface area contributed by atoms with E-state index in [0.29, 0.717) is 5.92 Å². The molecule has 0 atom stereocenters. The number of fused-ring (bicyclic) bond motifs is 3. The van der Waals surface area contributed by atoms with Crippen LogP contribution in [-0.2, 0) is 36.7 Å². The molecule has 0 saturated carbocycles. The molecule has 0 saturated heterocycles. The van der Waals surface area contributed by atoms with Gasteiger partial charge in [-0.15, -0.1) is 51.8 Å². The van der Waals surface area contributed by atoms with Gasteiger partial charge in [-0.1, -0.05) is 124 Å². The summed E-state index contributed by atoms with van der Waals surface area (Å²) in [4.78, 5) is 19.9. The Labute approximate surface area is 358 Å². The van der Waals surface area contributed by atoms with Crippen LogP contribution in [0.15, 0.2) is 71.8 Å². The third kappa shape index (κ3) is 9.41. The average molecular weight is 965 g/mol. The smallest absolute Gasteiger partial charge is 0.164 e. The van der Waals surface area contributed by atoms with Gasteiger partial charge in [0, 0.05) is 57.7 Å². The molecule has 0 unspecified atom stereocenters. The molecule has 3 aromatic carbocycles. The second-order valence-corrected chi connectivity index (χ2v) is 19.5.